The third-order valence-corrected chi connectivity index (χ3v) is 1.33. The molecule has 0 bridgehead atoms. The Labute approximate surface area is 57.4 Å². The van der Waals surface area contributed by atoms with Gasteiger partial charge < -0.3 is 10.4 Å². The Morgan fingerprint density at radius 3 is 2.89 bits per heavy atom. The third-order valence-electron chi connectivity index (χ3n) is 0.991. The predicted molar refractivity (Wildman–Crippen MR) is 35.9 cm³/mol. The fourth-order valence-corrected chi connectivity index (χ4v) is 0.689. The molecular formula is C5H5NO2S. The summed E-state index contributed by atoms with van der Waals surface area (Å²) in [7, 11) is 0. The summed E-state index contributed by atoms with van der Waals surface area (Å²) in [6.45, 7) is 0. The molecule has 0 fully saturated rings. The summed E-state index contributed by atoms with van der Waals surface area (Å²) in [5.41, 5.74) is 0. The molecule has 0 aromatic rings. The lowest BCUT2D eigenvalue weighted by molar-refractivity contribution is -0.119. The first kappa shape index (κ1) is 6.38. The van der Waals surface area contributed by atoms with Crippen LogP contribution >= 0.6 is 12.2 Å². The van der Waals surface area contributed by atoms with Gasteiger partial charge in [-0.1, -0.05) is 12.2 Å². The van der Waals surface area contributed by atoms with Crippen molar-refractivity contribution in [2.45, 2.75) is 6.10 Å². The van der Waals surface area contributed by atoms with Crippen LogP contribution in [0.15, 0.2) is 12.3 Å². The molecule has 3 nitrogen and oxygen atoms in total. The van der Waals surface area contributed by atoms with Crippen molar-refractivity contribution in [2.75, 3.05) is 0 Å². The van der Waals surface area contributed by atoms with Crippen molar-refractivity contribution in [1.29, 1.82) is 0 Å². The SMILES string of the molecule is O=C1C=CNC(=S)C1O. The minimum atomic E-state index is -1.13. The number of hydrogen-bond acceptors (Lipinski definition) is 3. The van der Waals surface area contributed by atoms with E-state index >= 15 is 0 Å². The van der Waals surface area contributed by atoms with E-state index in [2.05, 4.69) is 17.5 Å². The third kappa shape index (κ3) is 1.14. The quantitative estimate of drug-likeness (QED) is 0.443. The molecule has 48 valence electrons. The van der Waals surface area contributed by atoms with E-state index in [1.54, 1.807) is 0 Å². The van der Waals surface area contributed by atoms with Gasteiger partial charge in [0, 0.05) is 12.3 Å². The molecule has 0 saturated heterocycles. The average molecular weight is 143 g/mol. The van der Waals surface area contributed by atoms with E-state index in [-0.39, 0.29) is 10.8 Å². The second-order valence-electron chi connectivity index (χ2n) is 1.65. The molecule has 4 heteroatoms. The second-order valence-corrected chi connectivity index (χ2v) is 2.09. The highest BCUT2D eigenvalue weighted by Gasteiger charge is 2.19. The molecule has 0 saturated carbocycles. The normalized spacial score (nSPS) is 26.1. The molecule has 1 aliphatic rings. The van der Waals surface area contributed by atoms with Crippen LogP contribution in [0.2, 0.25) is 0 Å². The van der Waals surface area contributed by atoms with Gasteiger partial charge in [-0.3, -0.25) is 4.79 Å². The van der Waals surface area contributed by atoms with Crippen molar-refractivity contribution in [3.05, 3.63) is 12.3 Å². The van der Waals surface area contributed by atoms with E-state index in [1.807, 2.05) is 0 Å². The van der Waals surface area contributed by atoms with Gasteiger partial charge in [0.15, 0.2) is 11.9 Å². The van der Waals surface area contributed by atoms with Crippen LogP contribution in [0, 0.1) is 0 Å². The standard InChI is InChI=1S/C5H5NO2S/c7-3-1-2-6-5(9)4(3)8/h1-2,4,8H,(H,6,9). The van der Waals surface area contributed by atoms with Crippen LogP contribution in [0.25, 0.3) is 0 Å². The summed E-state index contributed by atoms with van der Waals surface area (Å²) in [6.07, 6.45) is 1.53. The van der Waals surface area contributed by atoms with Crippen molar-refractivity contribution < 1.29 is 9.90 Å². The van der Waals surface area contributed by atoms with Gasteiger partial charge in [-0.2, -0.15) is 0 Å². The number of carbonyl (C=O) groups is 1. The number of nitrogens with one attached hydrogen (secondary N) is 1. The maximum Gasteiger partial charge on any atom is 0.192 e. The zero-order valence-electron chi connectivity index (χ0n) is 4.50. The largest absolute Gasteiger partial charge is 0.378 e. The van der Waals surface area contributed by atoms with Crippen molar-refractivity contribution >= 4 is 23.0 Å². The lowest BCUT2D eigenvalue weighted by Gasteiger charge is -2.12. The monoisotopic (exact) mass is 143 g/mol. The van der Waals surface area contributed by atoms with Gasteiger partial charge in [0.2, 0.25) is 0 Å². The molecule has 0 spiro atoms. The summed E-state index contributed by atoms with van der Waals surface area (Å²) in [5.74, 6) is -0.362. The minimum absolute atomic E-state index is 0.169. The number of aliphatic hydroxyl groups is 1. The highest BCUT2D eigenvalue weighted by molar-refractivity contribution is 7.80. The van der Waals surface area contributed by atoms with Gasteiger partial charge in [0.05, 0.1) is 0 Å². The van der Waals surface area contributed by atoms with Crippen molar-refractivity contribution in [3.8, 4) is 0 Å². The van der Waals surface area contributed by atoms with E-state index in [0.717, 1.165) is 0 Å². The summed E-state index contributed by atoms with van der Waals surface area (Å²) in [5, 5.41) is 11.4. The fraction of sp³-hybridized carbons (Fsp3) is 0.200. The Balaban J connectivity index is 2.81. The first-order chi connectivity index (χ1) is 4.22. The molecule has 0 aromatic carbocycles. The summed E-state index contributed by atoms with van der Waals surface area (Å²) in [4.78, 5) is 10.7. The Kier molecular flexibility index (Phi) is 1.59. The molecular weight excluding hydrogens is 138 g/mol. The van der Waals surface area contributed by atoms with Crippen molar-refractivity contribution in [3.63, 3.8) is 0 Å². The van der Waals surface area contributed by atoms with Gasteiger partial charge >= 0.3 is 0 Å². The first-order valence-corrected chi connectivity index (χ1v) is 2.81. The molecule has 9 heavy (non-hydrogen) atoms. The van der Waals surface area contributed by atoms with Crippen LogP contribution in [-0.2, 0) is 4.79 Å². The molecule has 1 rings (SSSR count). The summed E-state index contributed by atoms with van der Waals surface area (Å²) in [6, 6.07) is 0. The number of aliphatic hydroxyl groups excluding tert-OH is 1. The zero-order chi connectivity index (χ0) is 6.85. The molecule has 0 amide bonds. The number of hydrogen-bond donors (Lipinski definition) is 2. The van der Waals surface area contributed by atoms with Crippen molar-refractivity contribution in [1.82, 2.24) is 5.32 Å². The molecule has 0 aromatic heterocycles. The Bertz CT molecular complexity index is 187. The van der Waals surface area contributed by atoms with Gasteiger partial charge in [-0.25, -0.2) is 0 Å². The lowest BCUT2D eigenvalue weighted by Crippen LogP contribution is -2.38. The molecule has 1 aliphatic heterocycles. The van der Waals surface area contributed by atoms with Gasteiger partial charge in [0.25, 0.3) is 0 Å². The van der Waals surface area contributed by atoms with E-state index in [4.69, 9.17) is 5.11 Å². The Morgan fingerprint density at radius 1 is 1.78 bits per heavy atom. The van der Waals surface area contributed by atoms with Gasteiger partial charge in [-0.15, -0.1) is 0 Å². The van der Waals surface area contributed by atoms with Crippen LogP contribution in [0.3, 0.4) is 0 Å². The summed E-state index contributed by atoms with van der Waals surface area (Å²) >= 11 is 4.57. The molecule has 0 aliphatic carbocycles. The van der Waals surface area contributed by atoms with E-state index in [0.29, 0.717) is 0 Å². The van der Waals surface area contributed by atoms with Crippen LogP contribution in [-0.4, -0.2) is 22.0 Å². The van der Waals surface area contributed by atoms with Crippen LogP contribution in [0.4, 0.5) is 0 Å². The fourth-order valence-electron chi connectivity index (χ4n) is 0.505. The Morgan fingerprint density at radius 2 is 2.44 bits per heavy atom. The smallest absolute Gasteiger partial charge is 0.192 e. The maximum atomic E-state index is 10.5. The highest BCUT2D eigenvalue weighted by atomic mass is 32.1. The molecule has 1 unspecified atom stereocenters. The zero-order valence-corrected chi connectivity index (χ0v) is 5.31. The Hall–Kier alpha value is -0.740. The van der Waals surface area contributed by atoms with Crippen LogP contribution in [0.5, 0.6) is 0 Å². The second kappa shape index (κ2) is 2.24. The topological polar surface area (TPSA) is 49.3 Å². The minimum Gasteiger partial charge on any atom is -0.378 e. The lowest BCUT2D eigenvalue weighted by atomic mass is 10.2. The number of carbonyl (C=O) groups excluding carboxylic acids is 1. The molecule has 2 N–H and O–H groups in total. The van der Waals surface area contributed by atoms with E-state index < -0.39 is 6.10 Å². The predicted octanol–water partition coefficient (Wildman–Crippen LogP) is -0.639. The van der Waals surface area contributed by atoms with Gasteiger partial charge in [0.1, 0.15) is 4.99 Å². The maximum absolute atomic E-state index is 10.5. The molecule has 0 radical (unpaired) electrons. The van der Waals surface area contributed by atoms with Gasteiger partial charge in [-0.05, 0) is 0 Å². The highest BCUT2D eigenvalue weighted by Crippen LogP contribution is 1.95. The molecule has 1 atom stereocenters. The van der Waals surface area contributed by atoms with Crippen LogP contribution in [0.1, 0.15) is 0 Å². The number of rotatable bonds is 0. The van der Waals surface area contributed by atoms with E-state index in [9.17, 15) is 4.79 Å². The van der Waals surface area contributed by atoms with Crippen molar-refractivity contribution in [2.24, 2.45) is 0 Å². The van der Waals surface area contributed by atoms with Crippen LogP contribution < -0.4 is 5.32 Å². The first-order valence-electron chi connectivity index (χ1n) is 2.40. The average Bonchev–Trinajstić information content (AvgIpc) is 1.83. The summed E-state index contributed by atoms with van der Waals surface area (Å²) < 4.78 is 0. The van der Waals surface area contributed by atoms with E-state index in [1.165, 1.54) is 12.3 Å². The molecule has 1 heterocycles. The number of ketones is 1. The number of thiocarbonyl (C=S) groups is 1.